The highest BCUT2D eigenvalue weighted by Crippen LogP contribution is 2.40. The molecule has 4 rings (SSSR count). The number of aryl methyl sites for hydroxylation is 1. The molecule has 0 fully saturated rings. The Kier molecular flexibility index (Phi) is 4.58. The summed E-state index contributed by atoms with van der Waals surface area (Å²) in [5.41, 5.74) is 3.84. The zero-order chi connectivity index (χ0) is 19.0. The summed E-state index contributed by atoms with van der Waals surface area (Å²) in [7, 11) is 1.58. The average Bonchev–Trinajstić information content (AvgIpc) is 2.98. The van der Waals surface area contributed by atoms with E-state index in [9.17, 15) is 4.79 Å². The minimum absolute atomic E-state index is 0.0383. The summed E-state index contributed by atoms with van der Waals surface area (Å²) in [5.74, 6) is 1.12. The van der Waals surface area contributed by atoms with Gasteiger partial charge in [0.1, 0.15) is 5.82 Å². The van der Waals surface area contributed by atoms with Crippen molar-refractivity contribution in [3.05, 3.63) is 70.0 Å². The Morgan fingerprint density at radius 1 is 1.33 bits per heavy atom. The maximum atomic E-state index is 12.4. The van der Waals surface area contributed by atoms with Crippen molar-refractivity contribution in [2.45, 2.75) is 25.8 Å². The standard InChI is InChI=1S/C20H19ClN4O2/c1-12-19-15(13-7-8-22-18(9-13)27-2)10-17(26)23-20(19)25(24-12)11-14-5-3-4-6-16(14)21/h3-9,15H,10-11H2,1-2H3,(H,23,26). The van der Waals surface area contributed by atoms with Gasteiger partial charge in [-0.25, -0.2) is 9.67 Å². The van der Waals surface area contributed by atoms with Crippen LogP contribution in [0.25, 0.3) is 0 Å². The lowest BCUT2D eigenvalue weighted by molar-refractivity contribution is -0.116. The van der Waals surface area contributed by atoms with Gasteiger partial charge < -0.3 is 10.1 Å². The molecular weight excluding hydrogens is 364 g/mol. The van der Waals surface area contributed by atoms with E-state index in [4.69, 9.17) is 16.3 Å². The van der Waals surface area contributed by atoms with Crippen LogP contribution in [0.1, 0.15) is 34.7 Å². The number of hydrogen-bond acceptors (Lipinski definition) is 4. The number of fused-ring (bicyclic) bond motifs is 1. The number of carbonyl (C=O) groups is 1. The predicted molar refractivity (Wildman–Crippen MR) is 103 cm³/mol. The maximum Gasteiger partial charge on any atom is 0.226 e. The van der Waals surface area contributed by atoms with Crippen molar-refractivity contribution in [3.8, 4) is 5.88 Å². The quantitative estimate of drug-likeness (QED) is 0.745. The van der Waals surface area contributed by atoms with Crippen LogP contribution in [0.2, 0.25) is 5.02 Å². The first-order valence-corrected chi connectivity index (χ1v) is 9.05. The van der Waals surface area contributed by atoms with Crippen molar-refractivity contribution in [3.63, 3.8) is 0 Å². The smallest absolute Gasteiger partial charge is 0.226 e. The average molecular weight is 383 g/mol. The Balaban J connectivity index is 1.77. The molecule has 1 unspecified atom stereocenters. The fourth-order valence-corrected chi connectivity index (χ4v) is 3.75. The number of amides is 1. The molecule has 0 bridgehead atoms. The highest BCUT2D eigenvalue weighted by molar-refractivity contribution is 6.31. The number of pyridine rings is 1. The van der Waals surface area contributed by atoms with Crippen LogP contribution in [0.3, 0.4) is 0 Å². The van der Waals surface area contributed by atoms with Gasteiger partial charge in [-0.2, -0.15) is 5.10 Å². The lowest BCUT2D eigenvalue weighted by atomic mass is 9.86. The summed E-state index contributed by atoms with van der Waals surface area (Å²) >= 11 is 6.30. The third kappa shape index (κ3) is 3.28. The van der Waals surface area contributed by atoms with Crippen LogP contribution >= 0.6 is 11.6 Å². The molecule has 1 aliphatic heterocycles. The molecular formula is C20H19ClN4O2. The predicted octanol–water partition coefficient (Wildman–Crippen LogP) is 3.77. The van der Waals surface area contributed by atoms with E-state index in [1.54, 1.807) is 13.3 Å². The molecule has 7 heteroatoms. The molecule has 3 aromatic rings. The normalized spacial score (nSPS) is 16.0. The van der Waals surface area contributed by atoms with E-state index in [-0.39, 0.29) is 11.8 Å². The van der Waals surface area contributed by atoms with E-state index >= 15 is 0 Å². The second-order valence-corrected chi connectivity index (χ2v) is 6.94. The first-order valence-electron chi connectivity index (χ1n) is 8.67. The van der Waals surface area contributed by atoms with Crippen LogP contribution in [0.5, 0.6) is 5.88 Å². The van der Waals surface area contributed by atoms with E-state index in [0.29, 0.717) is 23.9 Å². The minimum Gasteiger partial charge on any atom is -0.481 e. The van der Waals surface area contributed by atoms with Crippen LogP contribution in [0, 0.1) is 6.92 Å². The van der Waals surface area contributed by atoms with Crippen LogP contribution in [-0.2, 0) is 11.3 Å². The van der Waals surface area contributed by atoms with Crippen LogP contribution < -0.4 is 10.1 Å². The molecule has 1 atom stereocenters. The van der Waals surface area contributed by atoms with Crippen molar-refractivity contribution in [1.29, 1.82) is 0 Å². The number of methoxy groups -OCH3 is 1. The molecule has 1 N–H and O–H groups in total. The van der Waals surface area contributed by atoms with Gasteiger partial charge in [0, 0.05) is 35.2 Å². The van der Waals surface area contributed by atoms with Crippen molar-refractivity contribution in [1.82, 2.24) is 14.8 Å². The molecule has 6 nitrogen and oxygen atoms in total. The second kappa shape index (κ2) is 7.04. The number of halogens is 1. The van der Waals surface area contributed by atoms with E-state index < -0.39 is 0 Å². The van der Waals surface area contributed by atoms with E-state index in [2.05, 4.69) is 15.4 Å². The van der Waals surface area contributed by atoms with Crippen molar-refractivity contribution in [2.24, 2.45) is 0 Å². The van der Waals surface area contributed by atoms with Crippen LogP contribution in [0.15, 0.2) is 42.6 Å². The molecule has 27 heavy (non-hydrogen) atoms. The molecule has 0 aliphatic carbocycles. The minimum atomic E-state index is -0.0920. The number of nitrogens with zero attached hydrogens (tertiary/aromatic N) is 3. The van der Waals surface area contributed by atoms with Gasteiger partial charge in [-0.15, -0.1) is 0 Å². The Morgan fingerprint density at radius 3 is 2.93 bits per heavy atom. The summed E-state index contributed by atoms with van der Waals surface area (Å²) in [6.45, 7) is 2.45. The third-order valence-corrected chi connectivity index (χ3v) is 5.19. The van der Waals surface area contributed by atoms with Gasteiger partial charge in [0.2, 0.25) is 11.8 Å². The molecule has 0 radical (unpaired) electrons. The van der Waals surface area contributed by atoms with Gasteiger partial charge in [-0.05, 0) is 30.2 Å². The largest absolute Gasteiger partial charge is 0.481 e. The Morgan fingerprint density at radius 2 is 2.15 bits per heavy atom. The second-order valence-electron chi connectivity index (χ2n) is 6.53. The molecule has 0 spiro atoms. The summed E-state index contributed by atoms with van der Waals surface area (Å²) in [4.78, 5) is 16.6. The molecule has 1 aromatic carbocycles. The number of benzene rings is 1. The summed E-state index contributed by atoms with van der Waals surface area (Å²) in [6, 6.07) is 11.4. The monoisotopic (exact) mass is 382 g/mol. The molecule has 3 heterocycles. The Bertz CT molecular complexity index is 1010. The number of anilines is 1. The highest BCUT2D eigenvalue weighted by atomic mass is 35.5. The first-order chi connectivity index (χ1) is 13.1. The van der Waals surface area contributed by atoms with E-state index in [0.717, 1.165) is 28.2 Å². The topological polar surface area (TPSA) is 69.0 Å². The number of ether oxygens (including phenoxy) is 1. The van der Waals surface area contributed by atoms with Gasteiger partial charge in [-0.1, -0.05) is 29.8 Å². The summed E-state index contributed by atoms with van der Waals surface area (Å²) in [5, 5.41) is 8.34. The lowest BCUT2D eigenvalue weighted by Gasteiger charge is -2.24. The summed E-state index contributed by atoms with van der Waals surface area (Å²) in [6.07, 6.45) is 2.06. The van der Waals surface area contributed by atoms with Gasteiger partial charge in [-0.3, -0.25) is 4.79 Å². The van der Waals surface area contributed by atoms with Gasteiger partial charge in [0.25, 0.3) is 0 Å². The number of aromatic nitrogens is 3. The molecule has 138 valence electrons. The fourth-order valence-electron chi connectivity index (χ4n) is 3.55. The number of carbonyl (C=O) groups excluding carboxylic acids is 1. The van der Waals surface area contributed by atoms with Gasteiger partial charge in [0.15, 0.2) is 0 Å². The van der Waals surface area contributed by atoms with Crippen molar-refractivity contribution < 1.29 is 9.53 Å². The molecule has 0 saturated heterocycles. The van der Waals surface area contributed by atoms with Crippen LogP contribution in [0.4, 0.5) is 5.82 Å². The number of nitrogens with one attached hydrogen (secondary N) is 1. The molecule has 1 aliphatic rings. The first kappa shape index (κ1) is 17.5. The number of hydrogen-bond donors (Lipinski definition) is 1. The van der Waals surface area contributed by atoms with Crippen molar-refractivity contribution >= 4 is 23.3 Å². The fraction of sp³-hybridized carbons (Fsp3) is 0.250. The van der Waals surface area contributed by atoms with E-state index in [1.807, 2.05) is 48.0 Å². The maximum absolute atomic E-state index is 12.4. The van der Waals surface area contributed by atoms with Gasteiger partial charge in [0.05, 0.1) is 19.3 Å². The van der Waals surface area contributed by atoms with Gasteiger partial charge >= 0.3 is 0 Å². The summed E-state index contributed by atoms with van der Waals surface area (Å²) < 4.78 is 7.05. The van der Waals surface area contributed by atoms with E-state index in [1.165, 1.54) is 0 Å². The highest BCUT2D eigenvalue weighted by Gasteiger charge is 2.32. The Labute approximate surface area is 162 Å². The van der Waals surface area contributed by atoms with Crippen molar-refractivity contribution in [2.75, 3.05) is 12.4 Å². The Hall–Kier alpha value is -2.86. The zero-order valence-electron chi connectivity index (χ0n) is 15.1. The SMILES string of the molecule is COc1cc(C2CC(=O)Nc3c2c(C)nn3Cc2ccccc2Cl)ccn1. The third-order valence-electron chi connectivity index (χ3n) is 4.82. The molecule has 1 amide bonds. The number of rotatable bonds is 4. The van der Waals surface area contributed by atoms with Crippen LogP contribution in [-0.4, -0.2) is 27.8 Å². The zero-order valence-corrected chi connectivity index (χ0v) is 15.8. The molecule has 2 aromatic heterocycles. The molecule has 0 saturated carbocycles. The lowest BCUT2D eigenvalue weighted by Crippen LogP contribution is -2.25.